The topological polar surface area (TPSA) is 50.5 Å². The van der Waals surface area contributed by atoms with Crippen LogP contribution >= 0.6 is 11.8 Å². The van der Waals surface area contributed by atoms with Crippen LogP contribution in [0.25, 0.3) is 0 Å². The lowest BCUT2D eigenvalue weighted by molar-refractivity contribution is -0.128. The van der Waals surface area contributed by atoms with E-state index in [2.05, 4.69) is 0 Å². The maximum atomic E-state index is 11.7. The number of hydrogen-bond acceptors (Lipinski definition) is 4. The van der Waals surface area contributed by atoms with Gasteiger partial charge in [0.25, 0.3) is 0 Å². The Kier molecular flexibility index (Phi) is 2.56. The fraction of sp³-hybridized carbons (Fsp3) is 0.400. The highest BCUT2D eigenvalue weighted by Crippen LogP contribution is 2.36. The first-order chi connectivity index (χ1) is 7.09. The summed E-state index contributed by atoms with van der Waals surface area (Å²) in [6.07, 6.45) is 1.74. The number of carbonyl (C=O) groups is 2. The number of hydrogen-bond donors (Lipinski definition) is 0. The molecule has 1 aliphatic rings. The van der Waals surface area contributed by atoms with Crippen LogP contribution in [0.15, 0.2) is 21.8 Å². The highest BCUT2D eigenvalue weighted by atomic mass is 32.2. The summed E-state index contributed by atoms with van der Waals surface area (Å²) in [5, 5.41) is 0.220. The van der Waals surface area contributed by atoms with Gasteiger partial charge in [0.2, 0.25) is 5.91 Å². The van der Waals surface area contributed by atoms with E-state index in [1.54, 1.807) is 20.2 Å². The van der Waals surface area contributed by atoms with Crippen molar-refractivity contribution in [3.8, 4) is 0 Å². The van der Waals surface area contributed by atoms with E-state index in [9.17, 15) is 9.59 Å². The third kappa shape index (κ3) is 1.79. The van der Waals surface area contributed by atoms with Gasteiger partial charge in [0.05, 0.1) is 17.1 Å². The van der Waals surface area contributed by atoms with Gasteiger partial charge in [-0.05, 0) is 6.07 Å². The second kappa shape index (κ2) is 3.73. The number of ketones is 1. The van der Waals surface area contributed by atoms with Gasteiger partial charge in [-0.15, -0.1) is 0 Å². The molecule has 1 amide bonds. The zero-order valence-electron chi connectivity index (χ0n) is 8.52. The highest BCUT2D eigenvalue weighted by molar-refractivity contribution is 8.00. The van der Waals surface area contributed by atoms with Crippen molar-refractivity contribution >= 4 is 23.5 Å². The monoisotopic (exact) mass is 225 g/mol. The molecule has 1 aromatic rings. The summed E-state index contributed by atoms with van der Waals surface area (Å²) in [5.74, 6) is -0.0619. The minimum absolute atomic E-state index is 0.0160. The SMILES string of the molecule is CN(C)C(=O)C1CC(=O)c2ccoc2S1. The molecule has 0 saturated heterocycles. The maximum Gasteiger partial charge on any atom is 0.236 e. The Bertz CT molecular complexity index is 411. The van der Waals surface area contributed by atoms with Crippen LogP contribution in [0.1, 0.15) is 16.8 Å². The van der Waals surface area contributed by atoms with Crippen LogP contribution in [0.3, 0.4) is 0 Å². The highest BCUT2D eigenvalue weighted by Gasteiger charge is 2.33. The summed E-state index contributed by atoms with van der Waals surface area (Å²) in [5.41, 5.74) is 0.600. The van der Waals surface area contributed by atoms with Gasteiger partial charge < -0.3 is 9.32 Å². The molecule has 2 rings (SSSR count). The van der Waals surface area contributed by atoms with Crippen molar-refractivity contribution < 1.29 is 14.0 Å². The van der Waals surface area contributed by atoms with Gasteiger partial charge in [-0.2, -0.15) is 0 Å². The number of furan rings is 1. The average Bonchev–Trinajstić information content (AvgIpc) is 2.64. The minimum Gasteiger partial charge on any atom is -0.457 e. The summed E-state index contributed by atoms with van der Waals surface area (Å²) >= 11 is 1.33. The Morgan fingerprint density at radius 3 is 3.00 bits per heavy atom. The van der Waals surface area contributed by atoms with Crippen LogP contribution in [0.4, 0.5) is 0 Å². The van der Waals surface area contributed by atoms with Crippen LogP contribution in [-0.4, -0.2) is 35.9 Å². The van der Waals surface area contributed by atoms with Crippen molar-refractivity contribution in [1.82, 2.24) is 4.90 Å². The maximum absolute atomic E-state index is 11.7. The fourth-order valence-electron chi connectivity index (χ4n) is 1.47. The summed E-state index contributed by atoms with van der Waals surface area (Å²) in [7, 11) is 3.37. The average molecular weight is 225 g/mol. The lowest BCUT2D eigenvalue weighted by Gasteiger charge is -2.21. The number of amides is 1. The predicted molar refractivity (Wildman–Crippen MR) is 56.0 cm³/mol. The zero-order valence-corrected chi connectivity index (χ0v) is 9.34. The second-order valence-corrected chi connectivity index (χ2v) is 4.76. The largest absolute Gasteiger partial charge is 0.457 e. The molecule has 0 N–H and O–H groups in total. The van der Waals surface area contributed by atoms with Gasteiger partial charge >= 0.3 is 0 Å². The molecule has 4 nitrogen and oxygen atoms in total. The van der Waals surface area contributed by atoms with Crippen LogP contribution in [0.2, 0.25) is 0 Å². The van der Waals surface area contributed by atoms with E-state index in [0.717, 1.165) is 0 Å². The van der Waals surface area contributed by atoms with Crippen LogP contribution < -0.4 is 0 Å². The molecule has 5 heteroatoms. The molecule has 0 saturated carbocycles. The quantitative estimate of drug-likeness (QED) is 0.725. The summed E-state index contributed by atoms with van der Waals surface area (Å²) in [6, 6.07) is 1.65. The molecule has 2 heterocycles. The van der Waals surface area contributed by atoms with E-state index in [0.29, 0.717) is 10.7 Å². The Morgan fingerprint density at radius 1 is 1.60 bits per heavy atom. The molecule has 0 aromatic carbocycles. The Morgan fingerprint density at radius 2 is 2.33 bits per heavy atom. The molecule has 0 spiro atoms. The number of Topliss-reactive ketones (excluding diaryl/α,β-unsaturated/α-hetero) is 1. The lowest BCUT2D eigenvalue weighted by atomic mass is 10.1. The number of nitrogens with zero attached hydrogens (tertiary/aromatic N) is 1. The molecule has 0 radical (unpaired) electrons. The van der Waals surface area contributed by atoms with Crippen molar-refractivity contribution in [2.24, 2.45) is 0 Å². The fourth-order valence-corrected chi connectivity index (χ4v) is 2.69. The first-order valence-corrected chi connectivity index (χ1v) is 5.46. The van der Waals surface area contributed by atoms with Crippen molar-refractivity contribution in [1.29, 1.82) is 0 Å². The molecule has 1 aliphatic heterocycles. The standard InChI is InChI=1S/C10H11NO3S/c1-11(2)9(13)8-5-7(12)6-3-4-14-10(6)15-8/h3-4,8H,5H2,1-2H3. The third-order valence-corrected chi connectivity index (χ3v) is 3.45. The van der Waals surface area contributed by atoms with Crippen LogP contribution in [-0.2, 0) is 4.79 Å². The molecule has 1 atom stereocenters. The zero-order chi connectivity index (χ0) is 11.0. The van der Waals surface area contributed by atoms with E-state index in [1.807, 2.05) is 0 Å². The van der Waals surface area contributed by atoms with Gasteiger partial charge in [0.15, 0.2) is 10.9 Å². The van der Waals surface area contributed by atoms with Crippen LogP contribution in [0, 0.1) is 0 Å². The normalized spacial score (nSPS) is 19.9. The van der Waals surface area contributed by atoms with E-state index in [-0.39, 0.29) is 23.4 Å². The number of carbonyl (C=O) groups excluding carboxylic acids is 2. The first-order valence-electron chi connectivity index (χ1n) is 4.58. The molecule has 80 valence electrons. The van der Waals surface area contributed by atoms with Gasteiger partial charge in [0.1, 0.15) is 0 Å². The van der Waals surface area contributed by atoms with Crippen molar-refractivity contribution in [2.75, 3.05) is 14.1 Å². The van der Waals surface area contributed by atoms with Crippen molar-refractivity contribution in [2.45, 2.75) is 16.8 Å². The minimum atomic E-state index is -0.342. The van der Waals surface area contributed by atoms with Gasteiger partial charge in [-0.3, -0.25) is 9.59 Å². The Labute approximate surface area is 91.6 Å². The van der Waals surface area contributed by atoms with E-state index >= 15 is 0 Å². The molecule has 0 aliphatic carbocycles. The smallest absolute Gasteiger partial charge is 0.236 e. The first kappa shape index (κ1) is 10.3. The van der Waals surface area contributed by atoms with Gasteiger partial charge in [-0.1, -0.05) is 11.8 Å². The summed E-state index contributed by atoms with van der Waals surface area (Å²) in [4.78, 5) is 24.8. The molecule has 1 unspecified atom stereocenters. The van der Waals surface area contributed by atoms with Crippen LogP contribution in [0.5, 0.6) is 0 Å². The summed E-state index contributed by atoms with van der Waals surface area (Å²) < 4.78 is 5.16. The third-order valence-electron chi connectivity index (χ3n) is 2.27. The Balaban J connectivity index is 2.23. The van der Waals surface area contributed by atoms with E-state index < -0.39 is 0 Å². The second-order valence-electron chi connectivity index (χ2n) is 3.59. The van der Waals surface area contributed by atoms with Gasteiger partial charge in [-0.25, -0.2) is 0 Å². The summed E-state index contributed by atoms with van der Waals surface area (Å²) in [6.45, 7) is 0. The molecular formula is C10H11NO3S. The number of fused-ring (bicyclic) bond motifs is 1. The molecule has 0 bridgehead atoms. The predicted octanol–water partition coefficient (Wildman–Crippen LogP) is 1.41. The Hall–Kier alpha value is -1.23. The van der Waals surface area contributed by atoms with E-state index in [1.165, 1.54) is 22.9 Å². The molecule has 0 fully saturated rings. The number of rotatable bonds is 1. The van der Waals surface area contributed by atoms with Crippen molar-refractivity contribution in [3.05, 3.63) is 17.9 Å². The molecule has 1 aromatic heterocycles. The molecular weight excluding hydrogens is 214 g/mol. The molecule has 15 heavy (non-hydrogen) atoms. The van der Waals surface area contributed by atoms with Crippen molar-refractivity contribution in [3.63, 3.8) is 0 Å². The number of thioether (sulfide) groups is 1. The lowest BCUT2D eigenvalue weighted by Crippen LogP contribution is -2.34. The van der Waals surface area contributed by atoms with Gasteiger partial charge in [0, 0.05) is 20.5 Å². The van der Waals surface area contributed by atoms with E-state index in [4.69, 9.17) is 4.42 Å².